The summed E-state index contributed by atoms with van der Waals surface area (Å²) in [5.74, 6) is 0.341. The van der Waals surface area contributed by atoms with Crippen molar-refractivity contribution in [3.8, 4) is 5.75 Å². The second kappa shape index (κ2) is 6.16. The Balaban J connectivity index is 1.85. The van der Waals surface area contributed by atoms with Gasteiger partial charge in [-0.05, 0) is 34.1 Å². The summed E-state index contributed by atoms with van der Waals surface area (Å²) in [7, 11) is 0. The number of pyridine rings is 1. The number of aromatic nitrogens is 1. The van der Waals surface area contributed by atoms with Crippen LogP contribution in [0.15, 0.2) is 53.3 Å². The maximum atomic E-state index is 11.6. The van der Waals surface area contributed by atoms with E-state index >= 15 is 0 Å². The second-order valence-electron chi connectivity index (χ2n) is 3.54. The minimum atomic E-state index is -0.207. The molecule has 18 heavy (non-hydrogen) atoms. The molecule has 0 bridgehead atoms. The molecular formula is C13H11BrN2O2. The van der Waals surface area contributed by atoms with Gasteiger partial charge < -0.3 is 10.1 Å². The molecule has 1 aromatic heterocycles. The molecule has 0 aliphatic heterocycles. The number of hydrogen-bond donors (Lipinski definition) is 1. The zero-order valence-corrected chi connectivity index (χ0v) is 11.1. The summed E-state index contributed by atoms with van der Waals surface area (Å²) in [5, 5.41) is 2.73. The Labute approximate surface area is 113 Å². The van der Waals surface area contributed by atoms with Crippen molar-refractivity contribution in [3.05, 3.63) is 53.3 Å². The van der Waals surface area contributed by atoms with Gasteiger partial charge >= 0.3 is 0 Å². The molecule has 1 amide bonds. The first-order valence-electron chi connectivity index (χ1n) is 5.32. The van der Waals surface area contributed by atoms with Crippen molar-refractivity contribution in [2.24, 2.45) is 0 Å². The highest BCUT2D eigenvalue weighted by atomic mass is 79.9. The molecule has 1 aromatic carbocycles. The number of benzene rings is 1. The number of nitrogens with one attached hydrogen (secondary N) is 1. The van der Waals surface area contributed by atoms with Gasteiger partial charge in [-0.15, -0.1) is 0 Å². The van der Waals surface area contributed by atoms with Crippen LogP contribution in [0.5, 0.6) is 5.75 Å². The lowest BCUT2D eigenvalue weighted by Gasteiger charge is -2.07. The Morgan fingerprint density at radius 2 is 2.06 bits per heavy atom. The molecule has 4 nitrogen and oxygen atoms in total. The van der Waals surface area contributed by atoms with Gasteiger partial charge in [-0.1, -0.05) is 18.2 Å². The number of carbonyl (C=O) groups excluding carboxylic acids is 1. The molecule has 1 N–H and O–H groups in total. The highest BCUT2D eigenvalue weighted by Gasteiger charge is 2.03. The van der Waals surface area contributed by atoms with Crippen LogP contribution in [0.2, 0.25) is 0 Å². The fourth-order valence-electron chi connectivity index (χ4n) is 1.34. The van der Waals surface area contributed by atoms with E-state index < -0.39 is 0 Å². The number of ether oxygens (including phenoxy) is 1. The van der Waals surface area contributed by atoms with Gasteiger partial charge in [0.1, 0.15) is 5.75 Å². The van der Waals surface area contributed by atoms with Crippen LogP contribution in [0.3, 0.4) is 0 Å². The number of carbonyl (C=O) groups is 1. The number of amides is 1. The van der Waals surface area contributed by atoms with Crippen LogP contribution in [-0.2, 0) is 4.79 Å². The fraction of sp³-hybridized carbons (Fsp3) is 0.0769. The van der Waals surface area contributed by atoms with Crippen LogP contribution in [0.1, 0.15) is 0 Å². The highest BCUT2D eigenvalue weighted by Crippen LogP contribution is 2.15. The Hall–Kier alpha value is -1.88. The number of anilines is 1. The normalized spacial score (nSPS) is 9.83. The lowest BCUT2D eigenvalue weighted by molar-refractivity contribution is -0.118. The summed E-state index contributed by atoms with van der Waals surface area (Å²) >= 11 is 3.28. The van der Waals surface area contributed by atoms with Gasteiger partial charge in [0.05, 0.1) is 6.20 Å². The van der Waals surface area contributed by atoms with Crippen molar-refractivity contribution in [1.29, 1.82) is 0 Å². The number of para-hydroxylation sites is 1. The third-order valence-electron chi connectivity index (χ3n) is 2.11. The van der Waals surface area contributed by atoms with Crippen LogP contribution in [-0.4, -0.2) is 17.5 Å². The Kier molecular flexibility index (Phi) is 4.30. The van der Waals surface area contributed by atoms with E-state index in [1.165, 1.54) is 0 Å². The van der Waals surface area contributed by atoms with E-state index in [0.29, 0.717) is 5.75 Å². The predicted molar refractivity (Wildman–Crippen MR) is 72.5 cm³/mol. The summed E-state index contributed by atoms with van der Waals surface area (Å²) < 4.78 is 6.13. The molecular weight excluding hydrogens is 296 g/mol. The summed E-state index contributed by atoms with van der Waals surface area (Å²) in [5.41, 5.74) is 0.749. The number of nitrogens with zero attached hydrogens (tertiary/aromatic N) is 1. The van der Waals surface area contributed by atoms with Crippen LogP contribution in [0.4, 0.5) is 5.69 Å². The van der Waals surface area contributed by atoms with Gasteiger partial charge in [0, 0.05) is 16.4 Å². The molecule has 1 heterocycles. The minimum Gasteiger partial charge on any atom is -0.482 e. The lowest BCUT2D eigenvalue weighted by atomic mass is 10.3. The Morgan fingerprint density at radius 3 is 2.78 bits per heavy atom. The van der Waals surface area contributed by atoms with Gasteiger partial charge in [0.2, 0.25) is 0 Å². The van der Waals surface area contributed by atoms with Gasteiger partial charge in [-0.25, -0.2) is 0 Å². The van der Waals surface area contributed by atoms with Gasteiger partial charge in [0.15, 0.2) is 6.61 Å². The maximum Gasteiger partial charge on any atom is 0.262 e. The predicted octanol–water partition coefficient (Wildman–Crippen LogP) is 2.86. The molecule has 0 saturated carbocycles. The Bertz CT molecular complexity index is 532. The standard InChI is InChI=1S/C13H11BrN2O2/c14-10-6-12(8-15-7-10)18-9-13(17)16-11-4-2-1-3-5-11/h1-8H,9H2,(H,16,17). The smallest absolute Gasteiger partial charge is 0.262 e. The molecule has 5 heteroatoms. The first-order chi connectivity index (χ1) is 8.74. The van der Waals surface area contributed by atoms with Crippen LogP contribution >= 0.6 is 15.9 Å². The van der Waals surface area contributed by atoms with E-state index in [2.05, 4.69) is 26.2 Å². The van der Waals surface area contributed by atoms with Gasteiger partial charge in [-0.2, -0.15) is 0 Å². The van der Waals surface area contributed by atoms with Crippen molar-refractivity contribution in [1.82, 2.24) is 4.98 Å². The maximum absolute atomic E-state index is 11.6. The summed E-state index contributed by atoms with van der Waals surface area (Å²) in [4.78, 5) is 15.5. The first-order valence-corrected chi connectivity index (χ1v) is 6.11. The van der Waals surface area contributed by atoms with E-state index in [-0.39, 0.29) is 12.5 Å². The van der Waals surface area contributed by atoms with Crippen molar-refractivity contribution in [3.63, 3.8) is 0 Å². The molecule has 92 valence electrons. The molecule has 0 saturated heterocycles. The van der Waals surface area contributed by atoms with Gasteiger partial charge in [0.25, 0.3) is 5.91 Å². The molecule has 0 radical (unpaired) electrons. The molecule has 0 fully saturated rings. The zero-order valence-electron chi connectivity index (χ0n) is 9.47. The van der Waals surface area contributed by atoms with E-state index in [1.807, 2.05) is 30.3 Å². The van der Waals surface area contributed by atoms with Crippen molar-refractivity contribution >= 4 is 27.5 Å². The number of halogens is 1. The molecule has 0 unspecified atom stereocenters. The second-order valence-corrected chi connectivity index (χ2v) is 4.46. The third-order valence-corrected chi connectivity index (χ3v) is 2.54. The molecule has 2 rings (SSSR count). The SMILES string of the molecule is O=C(COc1cncc(Br)c1)Nc1ccccc1. The fourth-order valence-corrected chi connectivity index (χ4v) is 1.68. The topological polar surface area (TPSA) is 51.2 Å². The van der Waals surface area contributed by atoms with Gasteiger partial charge in [-0.3, -0.25) is 9.78 Å². The minimum absolute atomic E-state index is 0.0486. The Morgan fingerprint density at radius 1 is 1.28 bits per heavy atom. The summed E-state index contributed by atoms with van der Waals surface area (Å²) in [6, 6.07) is 11.0. The number of hydrogen-bond acceptors (Lipinski definition) is 3. The quantitative estimate of drug-likeness (QED) is 0.945. The molecule has 0 aliphatic carbocycles. The summed E-state index contributed by atoms with van der Waals surface area (Å²) in [6.07, 6.45) is 3.21. The van der Waals surface area contributed by atoms with Crippen LogP contribution in [0, 0.1) is 0 Å². The lowest BCUT2D eigenvalue weighted by Crippen LogP contribution is -2.20. The van der Waals surface area contributed by atoms with Crippen molar-refractivity contribution in [2.75, 3.05) is 11.9 Å². The van der Waals surface area contributed by atoms with Crippen molar-refractivity contribution < 1.29 is 9.53 Å². The third kappa shape index (κ3) is 3.85. The molecule has 0 atom stereocenters. The summed E-state index contributed by atoms with van der Waals surface area (Å²) in [6.45, 7) is -0.0486. The average Bonchev–Trinajstić information content (AvgIpc) is 2.38. The van der Waals surface area contributed by atoms with Crippen molar-refractivity contribution in [2.45, 2.75) is 0 Å². The van der Waals surface area contributed by atoms with E-state index in [4.69, 9.17) is 4.74 Å². The van der Waals surface area contributed by atoms with E-state index in [1.54, 1.807) is 18.5 Å². The largest absolute Gasteiger partial charge is 0.482 e. The monoisotopic (exact) mass is 306 g/mol. The molecule has 2 aromatic rings. The van der Waals surface area contributed by atoms with E-state index in [0.717, 1.165) is 10.2 Å². The van der Waals surface area contributed by atoms with Crippen LogP contribution < -0.4 is 10.1 Å². The number of rotatable bonds is 4. The van der Waals surface area contributed by atoms with E-state index in [9.17, 15) is 4.79 Å². The first kappa shape index (κ1) is 12.6. The zero-order chi connectivity index (χ0) is 12.8. The average molecular weight is 307 g/mol. The molecule has 0 aliphatic rings. The van der Waals surface area contributed by atoms with Crippen LogP contribution in [0.25, 0.3) is 0 Å². The highest BCUT2D eigenvalue weighted by molar-refractivity contribution is 9.10. The molecule has 0 spiro atoms.